The van der Waals surface area contributed by atoms with Crippen molar-refractivity contribution in [3.63, 3.8) is 0 Å². The summed E-state index contributed by atoms with van der Waals surface area (Å²) in [5, 5.41) is 10.1. The largest absolute Gasteiger partial charge is 0.478 e. The number of benzene rings is 1. The van der Waals surface area contributed by atoms with Crippen LogP contribution < -0.4 is 0 Å². The van der Waals surface area contributed by atoms with E-state index in [0.717, 1.165) is 27.4 Å². The quantitative estimate of drug-likeness (QED) is 0.914. The standard InChI is InChI=1S/C14H16BrNO2/c1-4-9(3)16-7-8(2)13-11(14(17)18)5-10(15)6-12(13)16/h5-7,9H,4H2,1-3H3,(H,17,18)/t9-/m0/s1. The van der Waals surface area contributed by atoms with Gasteiger partial charge in [-0.3, -0.25) is 0 Å². The molecule has 0 amide bonds. The molecule has 1 heterocycles. The second-order valence-corrected chi connectivity index (χ2v) is 5.54. The summed E-state index contributed by atoms with van der Waals surface area (Å²) < 4.78 is 2.96. The fourth-order valence-electron chi connectivity index (χ4n) is 2.28. The molecule has 3 nitrogen and oxygen atoms in total. The highest BCUT2D eigenvalue weighted by atomic mass is 79.9. The number of halogens is 1. The van der Waals surface area contributed by atoms with Crippen molar-refractivity contribution in [3.8, 4) is 0 Å². The van der Waals surface area contributed by atoms with E-state index in [2.05, 4.69) is 34.3 Å². The molecule has 0 radical (unpaired) electrons. The fraction of sp³-hybridized carbons (Fsp3) is 0.357. The predicted octanol–water partition coefficient (Wildman–Crippen LogP) is 4.38. The van der Waals surface area contributed by atoms with Crippen molar-refractivity contribution in [2.45, 2.75) is 33.2 Å². The topological polar surface area (TPSA) is 42.2 Å². The molecule has 96 valence electrons. The van der Waals surface area contributed by atoms with Gasteiger partial charge < -0.3 is 9.67 Å². The van der Waals surface area contributed by atoms with E-state index >= 15 is 0 Å². The van der Waals surface area contributed by atoms with Gasteiger partial charge in [-0.1, -0.05) is 22.9 Å². The first-order valence-electron chi connectivity index (χ1n) is 5.99. The van der Waals surface area contributed by atoms with Gasteiger partial charge in [0.1, 0.15) is 0 Å². The molecule has 0 aliphatic heterocycles. The predicted molar refractivity (Wildman–Crippen MR) is 76.3 cm³/mol. The van der Waals surface area contributed by atoms with Crippen LogP contribution in [0, 0.1) is 6.92 Å². The Balaban J connectivity index is 2.83. The monoisotopic (exact) mass is 309 g/mol. The van der Waals surface area contributed by atoms with Crippen LogP contribution >= 0.6 is 15.9 Å². The number of fused-ring (bicyclic) bond motifs is 1. The van der Waals surface area contributed by atoms with E-state index in [0.29, 0.717) is 11.6 Å². The molecule has 0 fully saturated rings. The third-order valence-electron chi connectivity index (χ3n) is 3.38. The van der Waals surface area contributed by atoms with Crippen molar-refractivity contribution in [2.24, 2.45) is 0 Å². The van der Waals surface area contributed by atoms with E-state index in [-0.39, 0.29) is 0 Å². The van der Waals surface area contributed by atoms with E-state index < -0.39 is 5.97 Å². The SMILES string of the molecule is CC[C@H](C)n1cc(C)c2c(C(=O)O)cc(Br)cc21. The van der Waals surface area contributed by atoms with Gasteiger partial charge in [0, 0.05) is 22.1 Å². The number of carboxylic acids is 1. The minimum atomic E-state index is -0.883. The van der Waals surface area contributed by atoms with E-state index in [9.17, 15) is 9.90 Å². The van der Waals surface area contributed by atoms with Crippen molar-refractivity contribution >= 4 is 32.8 Å². The molecule has 1 N–H and O–H groups in total. The molecule has 1 aromatic heterocycles. The second kappa shape index (κ2) is 4.76. The summed E-state index contributed by atoms with van der Waals surface area (Å²) in [7, 11) is 0. The van der Waals surface area contributed by atoms with Crippen LogP contribution in [-0.4, -0.2) is 15.6 Å². The van der Waals surface area contributed by atoms with Crippen LogP contribution in [0.1, 0.15) is 42.2 Å². The Kier molecular flexibility index (Phi) is 3.48. The van der Waals surface area contributed by atoms with Gasteiger partial charge in [-0.2, -0.15) is 0 Å². The van der Waals surface area contributed by atoms with Crippen LogP contribution in [-0.2, 0) is 0 Å². The lowest BCUT2D eigenvalue weighted by Gasteiger charge is -2.13. The van der Waals surface area contributed by atoms with E-state index in [1.807, 2.05) is 19.2 Å². The smallest absolute Gasteiger partial charge is 0.336 e. The van der Waals surface area contributed by atoms with Gasteiger partial charge in [0.15, 0.2) is 0 Å². The zero-order valence-electron chi connectivity index (χ0n) is 10.7. The molecule has 1 aromatic carbocycles. The number of nitrogens with zero attached hydrogens (tertiary/aromatic N) is 1. The summed E-state index contributed by atoms with van der Waals surface area (Å²) in [4.78, 5) is 11.3. The second-order valence-electron chi connectivity index (χ2n) is 4.63. The lowest BCUT2D eigenvalue weighted by atomic mass is 10.1. The lowest BCUT2D eigenvalue weighted by Crippen LogP contribution is -2.03. The molecule has 4 heteroatoms. The number of hydrogen-bond acceptors (Lipinski definition) is 1. The molecule has 0 aliphatic carbocycles. The van der Waals surface area contributed by atoms with Crippen molar-refractivity contribution in [2.75, 3.05) is 0 Å². The summed E-state index contributed by atoms with van der Waals surface area (Å²) >= 11 is 3.39. The number of carboxylic acid groups (broad SMARTS) is 1. The number of hydrogen-bond donors (Lipinski definition) is 1. The zero-order valence-corrected chi connectivity index (χ0v) is 12.3. The highest BCUT2D eigenvalue weighted by Crippen LogP contribution is 2.31. The van der Waals surface area contributed by atoms with Gasteiger partial charge in [-0.15, -0.1) is 0 Å². The Bertz CT molecular complexity index is 616. The Labute approximate surface area is 115 Å². The number of aryl methyl sites for hydroxylation is 1. The third-order valence-corrected chi connectivity index (χ3v) is 3.84. The Morgan fingerprint density at radius 1 is 1.50 bits per heavy atom. The van der Waals surface area contributed by atoms with E-state index in [1.165, 1.54) is 0 Å². The van der Waals surface area contributed by atoms with Gasteiger partial charge in [-0.05, 0) is 38.0 Å². The summed E-state index contributed by atoms with van der Waals surface area (Å²) in [5.74, 6) is -0.883. The van der Waals surface area contributed by atoms with Crippen LogP contribution in [0.4, 0.5) is 0 Å². The van der Waals surface area contributed by atoms with Crippen molar-refractivity contribution in [1.29, 1.82) is 0 Å². The van der Waals surface area contributed by atoms with E-state index in [4.69, 9.17) is 0 Å². The van der Waals surface area contributed by atoms with Gasteiger partial charge >= 0.3 is 5.97 Å². The summed E-state index contributed by atoms with van der Waals surface area (Å²) in [6, 6.07) is 4.01. The van der Waals surface area contributed by atoms with Crippen LogP contribution in [0.15, 0.2) is 22.8 Å². The minimum Gasteiger partial charge on any atom is -0.478 e. The maximum atomic E-state index is 11.3. The molecule has 18 heavy (non-hydrogen) atoms. The summed E-state index contributed by atoms with van der Waals surface area (Å²) in [6.45, 7) is 6.23. The molecule has 0 spiro atoms. The molecular weight excluding hydrogens is 294 g/mol. The molecule has 0 saturated carbocycles. The maximum Gasteiger partial charge on any atom is 0.336 e. The number of aromatic carboxylic acids is 1. The first-order chi connectivity index (χ1) is 8.45. The molecule has 0 aliphatic rings. The summed E-state index contributed by atoms with van der Waals surface area (Å²) in [6.07, 6.45) is 3.05. The van der Waals surface area contributed by atoms with Crippen molar-refractivity contribution < 1.29 is 9.90 Å². The molecule has 2 rings (SSSR count). The Hall–Kier alpha value is -1.29. The van der Waals surface area contributed by atoms with Crippen LogP contribution in [0.25, 0.3) is 10.9 Å². The van der Waals surface area contributed by atoms with E-state index in [1.54, 1.807) is 6.07 Å². The Morgan fingerprint density at radius 2 is 2.17 bits per heavy atom. The highest BCUT2D eigenvalue weighted by molar-refractivity contribution is 9.10. The number of rotatable bonds is 3. The third kappa shape index (κ3) is 2.05. The maximum absolute atomic E-state index is 11.3. The molecule has 1 atom stereocenters. The normalized spacial score (nSPS) is 12.9. The highest BCUT2D eigenvalue weighted by Gasteiger charge is 2.17. The Morgan fingerprint density at radius 3 is 2.72 bits per heavy atom. The average molecular weight is 310 g/mol. The minimum absolute atomic E-state index is 0.358. The first-order valence-corrected chi connectivity index (χ1v) is 6.79. The van der Waals surface area contributed by atoms with Gasteiger partial charge in [0.2, 0.25) is 0 Å². The molecule has 2 aromatic rings. The zero-order chi connectivity index (χ0) is 13.4. The number of aromatic nitrogens is 1. The molecule has 0 saturated heterocycles. The molecule has 0 unspecified atom stereocenters. The van der Waals surface area contributed by atoms with Gasteiger partial charge in [0.05, 0.1) is 11.1 Å². The van der Waals surface area contributed by atoms with Gasteiger partial charge in [0.25, 0.3) is 0 Å². The average Bonchev–Trinajstić information content (AvgIpc) is 2.64. The van der Waals surface area contributed by atoms with Crippen molar-refractivity contribution in [3.05, 3.63) is 33.9 Å². The summed E-state index contributed by atoms with van der Waals surface area (Å²) in [5.41, 5.74) is 2.35. The molecule has 0 bridgehead atoms. The fourth-order valence-corrected chi connectivity index (χ4v) is 2.73. The number of carbonyl (C=O) groups is 1. The van der Waals surface area contributed by atoms with Crippen LogP contribution in [0.5, 0.6) is 0 Å². The first kappa shape index (κ1) is 13.1. The lowest BCUT2D eigenvalue weighted by molar-refractivity contribution is 0.0699. The van der Waals surface area contributed by atoms with Crippen LogP contribution in [0.2, 0.25) is 0 Å². The molecular formula is C14H16BrNO2. The van der Waals surface area contributed by atoms with Crippen LogP contribution in [0.3, 0.4) is 0 Å². The van der Waals surface area contributed by atoms with Gasteiger partial charge in [-0.25, -0.2) is 4.79 Å². The van der Waals surface area contributed by atoms with Crippen molar-refractivity contribution in [1.82, 2.24) is 4.57 Å².